The molecule has 3 heteroatoms. The molecule has 0 radical (unpaired) electrons. The van der Waals surface area contributed by atoms with E-state index < -0.39 is 6.04 Å². The molecule has 0 saturated heterocycles. The fourth-order valence-corrected chi connectivity index (χ4v) is 7.30. The first-order chi connectivity index (χ1) is 9.06. The molecule has 0 spiro atoms. The van der Waals surface area contributed by atoms with Crippen LogP contribution in [0.2, 0.25) is 0 Å². The number of hydrogen-bond donors (Lipinski definition) is 0. The molecule has 0 aliphatic carbocycles. The normalized spacial score (nSPS) is 11.7. The summed E-state index contributed by atoms with van der Waals surface area (Å²) >= 11 is 5.62. The minimum absolute atomic E-state index is 0.254. The van der Waals surface area contributed by atoms with Crippen molar-refractivity contribution in [3.05, 3.63) is 60.7 Å². The van der Waals surface area contributed by atoms with Gasteiger partial charge in [0.25, 0.3) is 0 Å². The maximum atomic E-state index is 5.62. The van der Waals surface area contributed by atoms with Gasteiger partial charge in [-0.05, 0) is 50.2 Å². The molecule has 0 unspecified atom stereocenters. The molecule has 19 heavy (non-hydrogen) atoms. The van der Waals surface area contributed by atoms with Gasteiger partial charge in [0.15, 0.2) is 0 Å². The highest BCUT2D eigenvalue weighted by atomic mass is 32.4. The fourth-order valence-electron chi connectivity index (χ4n) is 1.96. The largest absolute Gasteiger partial charge is 0.0980 e. The smallest absolute Gasteiger partial charge is 0.0194 e. The van der Waals surface area contributed by atoms with Gasteiger partial charge in [0.1, 0.15) is 0 Å². The van der Waals surface area contributed by atoms with Crippen molar-refractivity contribution in [1.82, 2.24) is 0 Å². The third-order valence-electron chi connectivity index (χ3n) is 3.00. The first-order valence-electron chi connectivity index (χ1n) is 6.48. The third kappa shape index (κ3) is 4.84. The Balaban J connectivity index is 2.27. The topological polar surface area (TPSA) is 0 Å². The van der Waals surface area contributed by atoms with Crippen molar-refractivity contribution in [1.29, 1.82) is 0 Å². The van der Waals surface area contributed by atoms with Gasteiger partial charge in [0.05, 0.1) is 0 Å². The quantitative estimate of drug-likeness (QED) is 0.756. The van der Waals surface area contributed by atoms with Crippen molar-refractivity contribution in [3.8, 4) is 0 Å². The Labute approximate surface area is 123 Å². The van der Waals surface area contributed by atoms with E-state index in [1.165, 1.54) is 22.9 Å². The number of rotatable bonds is 5. The molecule has 2 aromatic carbocycles. The molecule has 0 aromatic heterocycles. The molecule has 0 N–H and O–H groups in total. The van der Waals surface area contributed by atoms with Crippen LogP contribution in [0.15, 0.2) is 60.7 Å². The van der Waals surface area contributed by atoms with Crippen molar-refractivity contribution in [2.75, 3.05) is 25.7 Å². The van der Waals surface area contributed by atoms with Crippen LogP contribution in [-0.2, 0) is 11.8 Å². The molecule has 0 aliphatic rings. The summed E-state index contributed by atoms with van der Waals surface area (Å²) in [6, 6.07) is 20.7. The van der Waals surface area contributed by atoms with Gasteiger partial charge >= 0.3 is 0 Å². The Hall–Kier alpha value is -0.480. The van der Waals surface area contributed by atoms with E-state index in [0.29, 0.717) is 0 Å². The summed E-state index contributed by atoms with van der Waals surface area (Å²) in [5, 5.41) is 2.93. The van der Waals surface area contributed by atoms with Crippen molar-refractivity contribution < 1.29 is 0 Å². The molecule has 2 rings (SSSR count). The summed E-state index contributed by atoms with van der Waals surface area (Å²) in [6.07, 6.45) is 2.41. The zero-order valence-corrected chi connectivity index (χ0v) is 14.1. The van der Waals surface area contributed by atoms with Crippen LogP contribution in [0, 0.1) is 0 Å². The van der Waals surface area contributed by atoms with E-state index in [2.05, 4.69) is 74.0 Å². The lowest BCUT2D eigenvalue weighted by Crippen LogP contribution is -2.15. The first-order valence-corrected chi connectivity index (χ1v) is 11.9. The third-order valence-corrected chi connectivity index (χ3v) is 7.71. The highest BCUT2D eigenvalue weighted by Gasteiger charge is 2.15. The summed E-state index contributed by atoms with van der Waals surface area (Å²) in [5.74, 6) is 0. The Kier molecular flexibility index (Phi) is 5.34. The highest BCUT2D eigenvalue weighted by molar-refractivity contribution is 8.14. The summed E-state index contributed by atoms with van der Waals surface area (Å²) in [7, 11) is -0.254. The van der Waals surface area contributed by atoms with E-state index in [9.17, 15) is 0 Å². The summed E-state index contributed by atoms with van der Waals surface area (Å²) in [6.45, 7) is 4.51. The fraction of sp³-hybridized carbons (Fsp3) is 0.250. The minimum Gasteiger partial charge on any atom is -0.0980 e. The van der Waals surface area contributed by atoms with Gasteiger partial charge < -0.3 is 0 Å². The SMILES string of the molecule is CP(C)(=S)CCP(c1ccccc1)c1ccccc1. The lowest BCUT2D eigenvalue weighted by molar-refractivity contribution is 1.50. The van der Waals surface area contributed by atoms with Gasteiger partial charge in [0, 0.05) is 0 Å². The average Bonchev–Trinajstić information content (AvgIpc) is 2.40. The van der Waals surface area contributed by atoms with Crippen LogP contribution in [0.1, 0.15) is 0 Å². The van der Waals surface area contributed by atoms with Crippen LogP contribution in [0.4, 0.5) is 0 Å². The minimum atomic E-state index is -1.11. The van der Waals surface area contributed by atoms with Crippen LogP contribution >= 0.6 is 14.0 Å². The van der Waals surface area contributed by atoms with E-state index in [1.807, 2.05) is 0 Å². The monoisotopic (exact) mass is 306 g/mol. The molecule has 100 valence electrons. The van der Waals surface area contributed by atoms with Crippen molar-refractivity contribution in [2.45, 2.75) is 0 Å². The maximum Gasteiger partial charge on any atom is -0.0194 e. The molecule has 0 nitrogen and oxygen atoms in total. The Morgan fingerprint density at radius 1 is 0.842 bits per heavy atom. The molecule has 0 aliphatic heterocycles. The molecule has 0 amide bonds. The second-order valence-corrected chi connectivity index (χ2v) is 14.0. The molecular formula is C16H20P2S. The van der Waals surface area contributed by atoms with Crippen LogP contribution in [0.3, 0.4) is 0 Å². The zero-order chi connectivity index (χ0) is 13.7. The highest BCUT2D eigenvalue weighted by Crippen LogP contribution is 2.42. The lowest BCUT2D eigenvalue weighted by Gasteiger charge is -2.21. The van der Waals surface area contributed by atoms with Gasteiger partial charge in [-0.3, -0.25) is 0 Å². The van der Waals surface area contributed by atoms with E-state index in [-0.39, 0.29) is 7.92 Å². The Morgan fingerprint density at radius 2 is 1.26 bits per heavy atom. The van der Waals surface area contributed by atoms with E-state index >= 15 is 0 Å². The number of hydrogen-bond acceptors (Lipinski definition) is 1. The van der Waals surface area contributed by atoms with Crippen LogP contribution < -0.4 is 10.6 Å². The van der Waals surface area contributed by atoms with Crippen molar-refractivity contribution >= 4 is 36.4 Å². The summed E-state index contributed by atoms with van der Waals surface area (Å²) in [5.41, 5.74) is 0. The predicted molar refractivity (Wildman–Crippen MR) is 94.9 cm³/mol. The van der Waals surface area contributed by atoms with Gasteiger partial charge in [-0.2, -0.15) is 0 Å². The van der Waals surface area contributed by atoms with E-state index in [4.69, 9.17) is 11.8 Å². The zero-order valence-electron chi connectivity index (χ0n) is 11.5. The lowest BCUT2D eigenvalue weighted by atomic mass is 10.4. The molecule has 0 atom stereocenters. The average molecular weight is 306 g/mol. The van der Waals surface area contributed by atoms with Gasteiger partial charge in [-0.15, -0.1) is 0 Å². The first kappa shape index (κ1) is 14.9. The molecule has 0 bridgehead atoms. The molecule has 0 fully saturated rings. The van der Waals surface area contributed by atoms with Crippen LogP contribution in [0.25, 0.3) is 0 Å². The maximum absolute atomic E-state index is 5.62. The summed E-state index contributed by atoms with van der Waals surface area (Å²) in [4.78, 5) is 0. The number of benzene rings is 2. The molecule has 2 aromatic rings. The predicted octanol–water partition coefficient (Wildman–Crippen LogP) is 3.86. The van der Waals surface area contributed by atoms with Crippen molar-refractivity contribution in [2.24, 2.45) is 0 Å². The Morgan fingerprint density at radius 3 is 1.63 bits per heavy atom. The van der Waals surface area contributed by atoms with Gasteiger partial charge in [-0.25, -0.2) is 0 Å². The standard InChI is InChI=1S/C16H20P2S/c1-18(2,19)14-13-17(15-9-5-3-6-10-15)16-11-7-4-8-12-16/h3-12H,13-14H2,1-2H3. The van der Waals surface area contributed by atoms with Crippen LogP contribution in [0.5, 0.6) is 0 Å². The summed E-state index contributed by atoms with van der Waals surface area (Å²) < 4.78 is 0. The second kappa shape index (κ2) is 6.80. The molecular weight excluding hydrogens is 286 g/mol. The molecule has 0 saturated carbocycles. The van der Waals surface area contributed by atoms with E-state index in [1.54, 1.807) is 0 Å². The van der Waals surface area contributed by atoms with Gasteiger partial charge in [-0.1, -0.05) is 72.5 Å². The van der Waals surface area contributed by atoms with Crippen LogP contribution in [-0.4, -0.2) is 25.7 Å². The second-order valence-electron chi connectivity index (χ2n) is 5.12. The van der Waals surface area contributed by atoms with Crippen molar-refractivity contribution in [3.63, 3.8) is 0 Å². The Bertz CT molecular complexity index is 506. The van der Waals surface area contributed by atoms with Gasteiger partial charge in [0.2, 0.25) is 0 Å². The molecule has 0 heterocycles. The van der Waals surface area contributed by atoms with E-state index in [0.717, 1.165) is 0 Å².